The lowest BCUT2D eigenvalue weighted by Crippen LogP contribution is -2.08. The molecule has 0 aliphatic carbocycles. The van der Waals surface area contributed by atoms with E-state index < -0.39 is 12.0 Å². The molecule has 0 heterocycles. The molecule has 0 aromatic heterocycles. The summed E-state index contributed by atoms with van der Waals surface area (Å²) in [5.41, 5.74) is 6.41. The van der Waals surface area contributed by atoms with Gasteiger partial charge in [-0.05, 0) is 17.7 Å². The summed E-state index contributed by atoms with van der Waals surface area (Å²) in [6.45, 7) is 0. The predicted octanol–water partition coefficient (Wildman–Crippen LogP) is 1.99. The second-order valence-corrected chi connectivity index (χ2v) is 3.52. The Labute approximate surface area is 98.3 Å². The molecule has 0 aliphatic rings. The maximum absolute atomic E-state index is 10.3. The molecule has 1 atom stereocenters. The van der Waals surface area contributed by atoms with Gasteiger partial charge in [-0.1, -0.05) is 23.7 Å². The highest BCUT2D eigenvalue weighted by Gasteiger charge is 2.08. The number of nitrogens with two attached hydrogens (primary N) is 1. The lowest BCUT2D eigenvalue weighted by atomic mass is 10.1. The van der Waals surface area contributed by atoms with E-state index in [1.807, 2.05) is 0 Å². The van der Waals surface area contributed by atoms with E-state index in [2.05, 4.69) is 0 Å². The molecular weight excluding hydrogens is 230 g/mol. The average molecular weight is 242 g/mol. The van der Waals surface area contributed by atoms with E-state index in [0.717, 1.165) is 6.08 Å². The fourth-order valence-corrected chi connectivity index (χ4v) is 1.49. The van der Waals surface area contributed by atoms with E-state index in [0.29, 0.717) is 16.3 Å². The summed E-state index contributed by atoms with van der Waals surface area (Å²) in [5.74, 6) is -0.414. The topological polar surface area (TPSA) is 72.5 Å². The van der Waals surface area contributed by atoms with Gasteiger partial charge in [0.05, 0.1) is 13.2 Å². The van der Waals surface area contributed by atoms with Crippen LogP contribution in [-0.4, -0.2) is 18.2 Å². The molecule has 1 aromatic rings. The minimum atomic E-state index is -1.04. The van der Waals surface area contributed by atoms with Crippen molar-refractivity contribution in [2.75, 3.05) is 7.11 Å². The molecule has 1 unspecified atom stereocenters. The Morgan fingerprint density at radius 1 is 1.62 bits per heavy atom. The number of hydrogen-bond donors (Lipinski definition) is 2. The number of carboxylic acid groups (broad SMARTS) is 1. The summed E-state index contributed by atoms with van der Waals surface area (Å²) >= 11 is 5.98. The highest BCUT2D eigenvalue weighted by Crippen LogP contribution is 2.26. The van der Waals surface area contributed by atoms with E-state index in [-0.39, 0.29) is 0 Å². The highest BCUT2D eigenvalue weighted by molar-refractivity contribution is 6.31. The van der Waals surface area contributed by atoms with Crippen molar-refractivity contribution in [2.24, 2.45) is 5.73 Å². The quantitative estimate of drug-likeness (QED) is 0.791. The van der Waals surface area contributed by atoms with Gasteiger partial charge in [-0.3, -0.25) is 0 Å². The molecule has 0 bridgehead atoms. The lowest BCUT2D eigenvalue weighted by Gasteiger charge is -2.10. The minimum absolute atomic E-state index is 0.446. The molecule has 0 saturated carbocycles. The van der Waals surface area contributed by atoms with Crippen molar-refractivity contribution < 1.29 is 14.6 Å². The Morgan fingerprint density at radius 2 is 2.31 bits per heavy atom. The molecule has 0 saturated heterocycles. The van der Waals surface area contributed by atoms with Crippen LogP contribution in [-0.2, 0) is 4.79 Å². The molecule has 0 amide bonds. The Bertz CT molecular complexity index is 418. The number of ether oxygens (including phenoxy) is 1. The molecule has 5 heteroatoms. The molecule has 16 heavy (non-hydrogen) atoms. The first-order valence-corrected chi connectivity index (χ1v) is 4.92. The zero-order chi connectivity index (χ0) is 12.1. The van der Waals surface area contributed by atoms with Crippen molar-refractivity contribution in [2.45, 2.75) is 6.04 Å². The van der Waals surface area contributed by atoms with Crippen molar-refractivity contribution in [3.05, 3.63) is 40.9 Å². The number of aliphatic carboxylic acids is 1. The van der Waals surface area contributed by atoms with E-state index in [1.165, 1.54) is 13.2 Å². The Morgan fingerprint density at radius 3 is 2.81 bits per heavy atom. The molecule has 4 nitrogen and oxygen atoms in total. The van der Waals surface area contributed by atoms with Gasteiger partial charge >= 0.3 is 5.97 Å². The number of methoxy groups -OCH3 is 1. The van der Waals surface area contributed by atoms with Crippen LogP contribution in [0.5, 0.6) is 5.75 Å². The summed E-state index contributed by atoms with van der Waals surface area (Å²) in [6, 6.07) is 4.51. The largest absolute Gasteiger partial charge is 0.497 e. The van der Waals surface area contributed by atoms with Gasteiger partial charge in [0.25, 0.3) is 0 Å². The van der Waals surface area contributed by atoms with Crippen LogP contribution in [0.4, 0.5) is 0 Å². The molecule has 3 N–H and O–H groups in total. The second-order valence-electron chi connectivity index (χ2n) is 3.11. The van der Waals surface area contributed by atoms with Crippen LogP contribution in [0.2, 0.25) is 5.02 Å². The van der Waals surface area contributed by atoms with E-state index in [9.17, 15) is 4.79 Å². The Hall–Kier alpha value is -1.52. The third-order valence-corrected chi connectivity index (χ3v) is 2.34. The van der Waals surface area contributed by atoms with Gasteiger partial charge in [-0.15, -0.1) is 0 Å². The number of rotatable bonds is 4. The highest BCUT2D eigenvalue weighted by atomic mass is 35.5. The van der Waals surface area contributed by atoms with Gasteiger partial charge in [-0.2, -0.15) is 0 Å². The Balaban J connectivity index is 2.91. The van der Waals surface area contributed by atoms with Crippen molar-refractivity contribution >= 4 is 17.6 Å². The molecule has 1 rings (SSSR count). The fourth-order valence-electron chi connectivity index (χ4n) is 1.19. The van der Waals surface area contributed by atoms with Crippen molar-refractivity contribution in [3.8, 4) is 5.75 Å². The van der Waals surface area contributed by atoms with Gasteiger partial charge in [0.2, 0.25) is 0 Å². The fraction of sp³-hybridized carbons (Fsp3) is 0.182. The standard InChI is InChI=1S/C11H12ClNO3/c1-16-7-2-3-8(9(12)6-7)10(13)4-5-11(14)15/h2-6,10H,13H2,1H3,(H,14,15)/b5-4+. The van der Waals surface area contributed by atoms with Gasteiger partial charge in [-0.25, -0.2) is 4.79 Å². The predicted molar refractivity (Wildman–Crippen MR) is 61.7 cm³/mol. The van der Waals surface area contributed by atoms with Crippen LogP contribution >= 0.6 is 11.6 Å². The van der Waals surface area contributed by atoms with Crippen LogP contribution in [0, 0.1) is 0 Å². The lowest BCUT2D eigenvalue weighted by molar-refractivity contribution is -0.131. The summed E-state index contributed by atoms with van der Waals surface area (Å²) < 4.78 is 4.99. The molecule has 0 spiro atoms. The monoisotopic (exact) mass is 241 g/mol. The smallest absolute Gasteiger partial charge is 0.328 e. The number of hydrogen-bond acceptors (Lipinski definition) is 3. The summed E-state index contributed by atoms with van der Waals surface area (Å²) in [5, 5.41) is 8.91. The molecule has 0 aliphatic heterocycles. The number of halogens is 1. The van der Waals surface area contributed by atoms with Crippen molar-refractivity contribution in [1.82, 2.24) is 0 Å². The van der Waals surface area contributed by atoms with Crippen LogP contribution in [0.3, 0.4) is 0 Å². The summed E-state index contributed by atoms with van der Waals surface area (Å²) in [7, 11) is 1.54. The van der Waals surface area contributed by atoms with Gasteiger partial charge in [0, 0.05) is 11.1 Å². The normalized spacial score (nSPS) is 12.7. The maximum atomic E-state index is 10.3. The molecule has 0 radical (unpaired) electrons. The van der Waals surface area contributed by atoms with Crippen molar-refractivity contribution in [3.63, 3.8) is 0 Å². The molecular formula is C11H12ClNO3. The van der Waals surface area contributed by atoms with Crippen LogP contribution < -0.4 is 10.5 Å². The van der Waals surface area contributed by atoms with Gasteiger partial charge < -0.3 is 15.6 Å². The first kappa shape index (κ1) is 12.5. The third kappa shape index (κ3) is 3.25. The molecule has 86 valence electrons. The van der Waals surface area contributed by atoms with E-state index in [4.69, 9.17) is 27.2 Å². The van der Waals surface area contributed by atoms with Crippen LogP contribution in [0.1, 0.15) is 11.6 Å². The first-order chi connectivity index (χ1) is 7.54. The van der Waals surface area contributed by atoms with Gasteiger partial charge in [0.15, 0.2) is 0 Å². The number of carbonyl (C=O) groups is 1. The number of benzene rings is 1. The Kier molecular flexibility index (Phi) is 4.34. The zero-order valence-electron chi connectivity index (χ0n) is 8.68. The second kappa shape index (κ2) is 5.53. The number of carboxylic acids is 1. The summed E-state index contributed by atoms with van der Waals surface area (Å²) in [6.07, 6.45) is 2.36. The van der Waals surface area contributed by atoms with Crippen LogP contribution in [0.25, 0.3) is 0 Å². The first-order valence-electron chi connectivity index (χ1n) is 4.54. The summed E-state index contributed by atoms with van der Waals surface area (Å²) in [4.78, 5) is 10.3. The van der Waals surface area contributed by atoms with Crippen molar-refractivity contribution in [1.29, 1.82) is 0 Å². The van der Waals surface area contributed by atoms with E-state index in [1.54, 1.807) is 18.2 Å². The SMILES string of the molecule is COc1ccc(C(N)/C=C/C(=O)O)c(Cl)c1. The maximum Gasteiger partial charge on any atom is 0.328 e. The van der Waals surface area contributed by atoms with Gasteiger partial charge in [0.1, 0.15) is 5.75 Å². The van der Waals surface area contributed by atoms with E-state index >= 15 is 0 Å². The van der Waals surface area contributed by atoms with Crippen LogP contribution in [0.15, 0.2) is 30.4 Å². The third-order valence-electron chi connectivity index (χ3n) is 2.01. The molecule has 1 aromatic carbocycles. The zero-order valence-corrected chi connectivity index (χ0v) is 9.44. The minimum Gasteiger partial charge on any atom is -0.497 e. The average Bonchev–Trinajstić information content (AvgIpc) is 2.25. The molecule has 0 fully saturated rings.